The summed E-state index contributed by atoms with van der Waals surface area (Å²) in [6, 6.07) is 17.8. The van der Waals surface area contributed by atoms with E-state index in [4.69, 9.17) is 17.2 Å². The number of anilines is 1. The molecule has 3 aromatic rings. The summed E-state index contributed by atoms with van der Waals surface area (Å²) in [7, 11) is 0. The third kappa shape index (κ3) is 3.55. The van der Waals surface area contributed by atoms with Crippen LogP contribution in [0.4, 0.5) is 5.69 Å². The lowest BCUT2D eigenvalue weighted by Crippen LogP contribution is -2.29. The minimum atomic E-state index is 0.00624. The van der Waals surface area contributed by atoms with Gasteiger partial charge in [-0.25, -0.2) is 0 Å². The maximum absolute atomic E-state index is 5.89. The molecule has 1 saturated heterocycles. The summed E-state index contributed by atoms with van der Waals surface area (Å²) < 4.78 is 2.58. The lowest BCUT2D eigenvalue weighted by atomic mass is 9.96. The molecule has 2 atom stereocenters. The molecule has 0 spiro atoms. The number of hydrogen-bond donors (Lipinski definition) is 1. The summed E-state index contributed by atoms with van der Waals surface area (Å²) in [6.45, 7) is 6.67. The van der Waals surface area contributed by atoms with Crippen molar-refractivity contribution in [3.8, 4) is 0 Å². The van der Waals surface area contributed by atoms with Gasteiger partial charge in [0.2, 0.25) is 0 Å². The first kappa shape index (κ1) is 20.3. The normalized spacial score (nSPS) is 21.6. The van der Waals surface area contributed by atoms with Gasteiger partial charge in [0.25, 0.3) is 0 Å². The molecule has 1 aromatic carbocycles. The second-order valence-electron chi connectivity index (χ2n) is 8.97. The summed E-state index contributed by atoms with van der Waals surface area (Å²) in [5.74, 6) is 0. The van der Waals surface area contributed by atoms with E-state index >= 15 is 0 Å². The highest BCUT2D eigenvalue weighted by atomic mass is 32.1. The molecule has 1 aliphatic heterocycles. The van der Waals surface area contributed by atoms with Crippen LogP contribution in [-0.2, 0) is 0 Å². The van der Waals surface area contributed by atoms with Gasteiger partial charge in [-0.1, -0.05) is 31.0 Å². The molecule has 2 fully saturated rings. The molecule has 1 saturated carbocycles. The molecular weight excluding hydrogens is 400 g/mol. The molecule has 2 aliphatic rings. The number of nitrogens with zero attached hydrogens (tertiary/aromatic N) is 3. The highest BCUT2D eigenvalue weighted by molar-refractivity contribution is 7.80. The smallest absolute Gasteiger partial charge is 0.174 e. The van der Waals surface area contributed by atoms with E-state index in [1.165, 1.54) is 48.2 Å². The fourth-order valence-electron chi connectivity index (χ4n) is 5.55. The lowest BCUT2D eigenvalue weighted by molar-refractivity contribution is 0.494. The van der Waals surface area contributed by atoms with E-state index in [-0.39, 0.29) is 12.1 Å². The summed E-state index contributed by atoms with van der Waals surface area (Å²) in [5.41, 5.74) is 7.44. The van der Waals surface area contributed by atoms with E-state index in [1.54, 1.807) is 0 Å². The van der Waals surface area contributed by atoms with Crippen molar-refractivity contribution in [1.29, 1.82) is 0 Å². The summed E-state index contributed by atoms with van der Waals surface area (Å²) in [6.07, 6.45) is 7.09. The number of rotatable bonds is 4. The molecule has 2 aromatic heterocycles. The first-order valence-electron chi connectivity index (χ1n) is 11.3. The number of nitrogens with one attached hydrogen (secondary N) is 1. The monoisotopic (exact) mass is 430 g/mol. The van der Waals surface area contributed by atoms with Crippen LogP contribution in [0.2, 0.25) is 0 Å². The third-order valence-electron chi connectivity index (χ3n) is 6.91. The van der Waals surface area contributed by atoms with Crippen molar-refractivity contribution < 1.29 is 0 Å². The molecular formula is C26H30N4S. The van der Waals surface area contributed by atoms with Gasteiger partial charge in [0.1, 0.15) is 0 Å². The second kappa shape index (κ2) is 8.12. The first-order chi connectivity index (χ1) is 15.0. The Hall–Kier alpha value is -2.66. The van der Waals surface area contributed by atoms with Crippen LogP contribution in [0.3, 0.4) is 0 Å². The molecule has 3 heterocycles. The molecule has 1 aliphatic carbocycles. The quantitative estimate of drug-likeness (QED) is 0.507. The van der Waals surface area contributed by atoms with Gasteiger partial charge < -0.3 is 14.8 Å². The van der Waals surface area contributed by atoms with Crippen molar-refractivity contribution in [1.82, 2.24) is 14.9 Å². The number of benzene rings is 1. The van der Waals surface area contributed by atoms with Crippen LogP contribution in [0.25, 0.3) is 0 Å². The average molecular weight is 431 g/mol. The molecule has 0 amide bonds. The minimum Gasteiger partial charge on any atom is -0.351 e. The van der Waals surface area contributed by atoms with Gasteiger partial charge in [0.15, 0.2) is 5.11 Å². The molecule has 0 bridgehead atoms. The summed E-state index contributed by atoms with van der Waals surface area (Å²) >= 11 is 5.89. The largest absolute Gasteiger partial charge is 0.351 e. The molecule has 5 heteroatoms. The lowest BCUT2D eigenvalue weighted by Gasteiger charge is -2.29. The van der Waals surface area contributed by atoms with E-state index < -0.39 is 0 Å². The molecule has 0 unspecified atom stereocenters. The number of thiocarbonyl (C=S) groups is 1. The zero-order valence-corrected chi connectivity index (χ0v) is 19.3. The Labute approximate surface area is 190 Å². The summed E-state index contributed by atoms with van der Waals surface area (Å²) in [5, 5.41) is 4.36. The predicted octanol–water partition coefficient (Wildman–Crippen LogP) is 6.10. The van der Waals surface area contributed by atoms with Crippen LogP contribution in [-0.4, -0.2) is 14.7 Å². The molecule has 31 heavy (non-hydrogen) atoms. The van der Waals surface area contributed by atoms with Crippen LogP contribution < -0.4 is 10.2 Å². The van der Waals surface area contributed by atoms with Crippen LogP contribution in [0.1, 0.15) is 72.0 Å². The van der Waals surface area contributed by atoms with Crippen LogP contribution >= 0.6 is 12.2 Å². The summed E-state index contributed by atoms with van der Waals surface area (Å²) in [4.78, 5) is 6.99. The van der Waals surface area contributed by atoms with Gasteiger partial charge in [-0.3, -0.25) is 4.98 Å². The fraction of sp³-hybridized carbons (Fsp3) is 0.385. The molecule has 160 valence electrons. The highest BCUT2D eigenvalue weighted by Crippen LogP contribution is 2.44. The molecule has 5 rings (SSSR count). The Morgan fingerprint density at radius 1 is 1.00 bits per heavy atom. The van der Waals surface area contributed by atoms with Crippen molar-refractivity contribution in [2.75, 3.05) is 4.90 Å². The zero-order valence-electron chi connectivity index (χ0n) is 18.5. The van der Waals surface area contributed by atoms with E-state index in [1.807, 2.05) is 12.3 Å². The van der Waals surface area contributed by atoms with Gasteiger partial charge in [0.05, 0.1) is 17.8 Å². The van der Waals surface area contributed by atoms with Gasteiger partial charge in [-0.2, -0.15) is 0 Å². The van der Waals surface area contributed by atoms with Crippen LogP contribution in [0.5, 0.6) is 0 Å². The number of hydrogen-bond acceptors (Lipinski definition) is 2. The predicted molar refractivity (Wildman–Crippen MR) is 131 cm³/mol. The maximum Gasteiger partial charge on any atom is 0.174 e. The van der Waals surface area contributed by atoms with Crippen molar-refractivity contribution in [3.05, 3.63) is 82.9 Å². The third-order valence-corrected chi connectivity index (χ3v) is 7.22. The zero-order chi connectivity index (χ0) is 21.5. The molecule has 0 radical (unpaired) electrons. The molecule has 1 N–H and O–H groups in total. The van der Waals surface area contributed by atoms with Crippen LogP contribution in [0.15, 0.2) is 54.7 Å². The SMILES string of the molecule is Cc1cccc(N2C(=S)N[C@H](c3ccccn3)[C@H]2c2cc(C)n(C3CCCC3)c2C)c1. The van der Waals surface area contributed by atoms with Crippen LogP contribution in [0, 0.1) is 20.8 Å². The van der Waals surface area contributed by atoms with E-state index in [2.05, 4.69) is 78.0 Å². The van der Waals surface area contributed by atoms with E-state index in [0.29, 0.717) is 6.04 Å². The Kier molecular flexibility index (Phi) is 5.30. The Bertz CT molecular complexity index is 1100. The van der Waals surface area contributed by atoms with Gasteiger partial charge in [-0.15, -0.1) is 0 Å². The highest BCUT2D eigenvalue weighted by Gasteiger charge is 2.42. The maximum atomic E-state index is 5.89. The second-order valence-corrected chi connectivity index (χ2v) is 9.36. The van der Waals surface area contributed by atoms with Gasteiger partial charge in [0, 0.05) is 29.3 Å². The van der Waals surface area contributed by atoms with Gasteiger partial charge >= 0.3 is 0 Å². The first-order valence-corrected chi connectivity index (χ1v) is 11.7. The van der Waals surface area contributed by atoms with Crippen molar-refractivity contribution >= 4 is 23.0 Å². The Morgan fingerprint density at radius 3 is 2.52 bits per heavy atom. The Balaban J connectivity index is 1.65. The average Bonchev–Trinajstić information content (AvgIpc) is 3.46. The number of aryl methyl sites for hydroxylation is 2. The Morgan fingerprint density at radius 2 is 1.81 bits per heavy atom. The van der Waals surface area contributed by atoms with Gasteiger partial charge in [-0.05, 0) is 87.3 Å². The number of aromatic nitrogens is 2. The topological polar surface area (TPSA) is 33.1 Å². The minimum absolute atomic E-state index is 0.00624. The van der Waals surface area contributed by atoms with Crippen molar-refractivity contribution in [2.45, 2.75) is 64.6 Å². The van der Waals surface area contributed by atoms with Crippen molar-refractivity contribution in [2.24, 2.45) is 0 Å². The fourth-order valence-corrected chi connectivity index (χ4v) is 5.90. The number of pyridine rings is 1. The van der Waals surface area contributed by atoms with Crippen molar-refractivity contribution in [3.63, 3.8) is 0 Å². The van der Waals surface area contributed by atoms with E-state index in [0.717, 1.165) is 16.5 Å². The standard InChI is InChI=1S/C26H30N4S/c1-17-9-8-12-21(15-17)30-25(24(28-26(30)31)23-13-6-7-14-27-23)22-16-18(2)29(19(22)3)20-10-4-5-11-20/h6-9,12-16,20,24-25H,4-5,10-11H2,1-3H3,(H,28,31)/t24-,25-/m1/s1. The molecule has 4 nitrogen and oxygen atoms in total. The van der Waals surface area contributed by atoms with E-state index in [9.17, 15) is 0 Å².